The fourth-order valence-electron chi connectivity index (χ4n) is 3.48. The van der Waals surface area contributed by atoms with E-state index in [0.29, 0.717) is 10.9 Å². The van der Waals surface area contributed by atoms with Gasteiger partial charge in [0, 0.05) is 42.4 Å². The van der Waals surface area contributed by atoms with Gasteiger partial charge in [-0.15, -0.1) is 11.8 Å². The van der Waals surface area contributed by atoms with Crippen LogP contribution in [0.4, 0.5) is 0 Å². The van der Waals surface area contributed by atoms with Crippen molar-refractivity contribution in [1.29, 1.82) is 0 Å². The highest BCUT2D eigenvalue weighted by molar-refractivity contribution is 8.01. The normalized spacial score (nSPS) is 28.0. The maximum atomic E-state index is 6.08. The third kappa shape index (κ3) is 3.27. The number of pyridine rings is 1. The highest BCUT2D eigenvalue weighted by atomic mass is 32.2. The van der Waals surface area contributed by atoms with Crippen molar-refractivity contribution in [2.75, 3.05) is 25.4 Å². The molecule has 2 saturated heterocycles. The Labute approximate surface area is 131 Å². The van der Waals surface area contributed by atoms with Crippen molar-refractivity contribution in [1.82, 2.24) is 9.88 Å². The Balaban J connectivity index is 1.25. The molecule has 0 bridgehead atoms. The van der Waals surface area contributed by atoms with E-state index in [1.165, 1.54) is 43.8 Å². The Morgan fingerprint density at radius 3 is 3.00 bits per heavy atom. The van der Waals surface area contributed by atoms with Gasteiger partial charge in [-0.25, -0.2) is 0 Å². The van der Waals surface area contributed by atoms with Crippen LogP contribution in [0.3, 0.4) is 0 Å². The number of hydrogen-bond donors (Lipinski definition) is 0. The molecule has 4 heteroatoms. The molecule has 1 aromatic rings. The van der Waals surface area contributed by atoms with Gasteiger partial charge in [0.15, 0.2) is 0 Å². The lowest BCUT2D eigenvalue weighted by atomic mass is 9.93. The molecule has 1 aromatic heterocycles. The molecular weight excluding hydrogens is 280 g/mol. The van der Waals surface area contributed by atoms with E-state index in [2.05, 4.69) is 46.8 Å². The number of aromatic nitrogens is 1. The predicted molar refractivity (Wildman–Crippen MR) is 86.5 cm³/mol. The summed E-state index contributed by atoms with van der Waals surface area (Å²) in [6.45, 7) is 6.48. The van der Waals surface area contributed by atoms with E-state index in [4.69, 9.17) is 4.74 Å². The smallest absolute Gasteiger partial charge is 0.0680 e. The first kappa shape index (κ1) is 14.0. The highest BCUT2D eigenvalue weighted by Crippen LogP contribution is 2.46. The molecule has 3 heterocycles. The fraction of sp³-hybridized carbons (Fsp3) is 0.706. The minimum atomic E-state index is 0.484. The topological polar surface area (TPSA) is 25.4 Å². The van der Waals surface area contributed by atoms with Gasteiger partial charge >= 0.3 is 0 Å². The van der Waals surface area contributed by atoms with Crippen molar-refractivity contribution < 1.29 is 4.74 Å². The van der Waals surface area contributed by atoms with Crippen LogP contribution in [-0.2, 0) is 11.3 Å². The van der Waals surface area contributed by atoms with E-state index in [0.717, 1.165) is 24.8 Å². The Morgan fingerprint density at radius 2 is 2.24 bits per heavy atom. The van der Waals surface area contributed by atoms with Crippen LogP contribution < -0.4 is 0 Å². The van der Waals surface area contributed by atoms with E-state index >= 15 is 0 Å². The molecule has 1 saturated carbocycles. The summed E-state index contributed by atoms with van der Waals surface area (Å²) in [6.07, 6.45) is 4.54. The van der Waals surface area contributed by atoms with Crippen molar-refractivity contribution in [3.63, 3.8) is 0 Å². The fourth-order valence-corrected chi connectivity index (χ4v) is 5.09. The molecule has 21 heavy (non-hydrogen) atoms. The average molecular weight is 304 g/mol. The minimum Gasteiger partial charge on any atom is -0.377 e. The van der Waals surface area contributed by atoms with Gasteiger partial charge in [-0.2, -0.15) is 0 Å². The predicted octanol–water partition coefficient (Wildman–Crippen LogP) is 2.88. The lowest BCUT2D eigenvalue weighted by Crippen LogP contribution is -2.58. The molecule has 2 aliphatic heterocycles. The molecule has 3 nitrogen and oxygen atoms in total. The van der Waals surface area contributed by atoms with Gasteiger partial charge in [0.1, 0.15) is 0 Å². The molecule has 3 aliphatic rings. The van der Waals surface area contributed by atoms with Crippen LogP contribution in [0.2, 0.25) is 0 Å². The van der Waals surface area contributed by atoms with Crippen LogP contribution in [0.5, 0.6) is 0 Å². The first-order valence-corrected chi connectivity index (χ1v) is 9.10. The molecule has 1 spiro atoms. The molecular formula is C17H24N2OS. The lowest BCUT2D eigenvalue weighted by molar-refractivity contribution is 0.0303. The molecule has 0 N–H and O–H groups in total. The number of nitrogens with zero attached hydrogens (tertiary/aromatic N) is 2. The first-order valence-electron chi connectivity index (χ1n) is 8.11. The summed E-state index contributed by atoms with van der Waals surface area (Å²) in [6, 6.07) is 6.32. The quantitative estimate of drug-likeness (QED) is 0.835. The first-order chi connectivity index (χ1) is 10.2. The number of likely N-dealkylation sites (tertiary alicyclic amines) is 1. The van der Waals surface area contributed by atoms with Crippen molar-refractivity contribution in [3.8, 4) is 0 Å². The summed E-state index contributed by atoms with van der Waals surface area (Å²) in [7, 11) is 0. The summed E-state index contributed by atoms with van der Waals surface area (Å²) >= 11 is 2.14. The zero-order chi connectivity index (χ0) is 14.3. The SMILES string of the molecule is Cc1cccc(CN2CC3(C[C@H](OCC4CC4)CS3)C2)n1. The zero-order valence-electron chi connectivity index (χ0n) is 12.8. The van der Waals surface area contributed by atoms with Gasteiger partial charge in [0.2, 0.25) is 0 Å². The van der Waals surface area contributed by atoms with Gasteiger partial charge < -0.3 is 4.74 Å². The minimum absolute atomic E-state index is 0.484. The largest absolute Gasteiger partial charge is 0.377 e. The third-order valence-corrected chi connectivity index (χ3v) is 6.37. The highest BCUT2D eigenvalue weighted by Gasteiger charge is 2.49. The Kier molecular flexibility index (Phi) is 3.72. The third-order valence-electron chi connectivity index (χ3n) is 4.79. The summed E-state index contributed by atoms with van der Waals surface area (Å²) in [5, 5.41) is 0. The lowest BCUT2D eigenvalue weighted by Gasteiger charge is -2.47. The maximum absolute atomic E-state index is 6.08. The standard InChI is InChI=1S/C17H24N2OS/c1-13-3-2-4-15(18-13)8-19-11-17(12-19)7-16(10-21-17)20-9-14-5-6-14/h2-4,14,16H,5-12H2,1H3/t16-/m0/s1. The zero-order valence-corrected chi connectivity index (χ0v) is 13.6. The van der Waals surface area contributed by atoms with Gasteiger partial charge in [0.25, 0.3) is 0 Å². The molecule has 0 aromatic carbocycles. The van der Waals surface area contributed by atoms with E-state index in [1.54, 1.807) is 0 Å². The second kappa shape index (κ2) is 5.56. The summed E-state index contributed by atoms with van der Waals surface area (Å²) in [5.74, 6) is 2.08. The van der Waals surface area contributed by atoms with E-state index in [-0.39, 0.29) is 0 Å². The molecule has 3 fully saturated rings. The van der Waals surface area contributed by atoms with Crippen molar-refractivity contribution in [2.24, 2.45) is 5.92 Å². The number of thioether (sulfide) groups is 1. The number of rotatable bonds is 5. The number of ether oxygens (including phenoxy) is 1. The molecule has 0 amide bonds. The van der Waals surface area contributed by atoms with Gasteiger partial charge in [-0.3, -0.25) is 9.88 Å². The summed E-state index contributed by atoms with van der Waals surface area (Å²) in [4.78, 5) is 7.13. The van der Waals surface area contributed by atoms with Gasteiger partial charge in [-0.1, -0.05) is 6.07 Å². The molecule has 1 aliphatic carbocycles. The van der Waals surface area contributed by atoms with Crippen LogP contribution in [0, 0.1) is 12.8 Å². The molecule has 0 unspecified atom stereocenters. The molecule has 0 radical (unpaired) electrons. The van der Waals surface area contributed by atoms with Crippen molar-refractivity contribution in [2.45, 2.75) is 43.6 Å². The van der Waals surface area contributed by atoms with Crippen molar-refractivity contribution in [3.05, 3.63) is 29.6 Å². The average Bonchev–Trinajstić information content (AvgIpc) is 3.16. The van der Waals surface area contributed by atoms with Crippen molar-refractivity contribution >= 4 is 11.8 Å². The van der Waals surface area contributed by atoms with Gasteiger partial charge in [-0.05, 0) is 44.2 Å². The molecule has 1 atom stereocenters. The number of hydrogen-bond acceptors (Lipinski definition) is 4. The monoisotopic (exact) mass is 304 g/mol. The van der Waals surface area contributed by atoms with E-state index in [9.17, 15) is 0 Å². The van der Waals surface area contributed by atoms with E-state index < -0.39 is 0 Å². The number of aryl methyl sites for hydroxylation is 1. The second-order valence-electron chi connectivity index (χ2n) is 7.01. The molecule has 4 rings (SSSR count). The van der Waals surface area contributed by atoms with Crippen LogP contribution in [0.25, 0.3) is 0 Å². The molecule has 114 valence electrons. The second-order valence-corrected chi connectivity index (χ2v) is 8.50. The Morgan fingerprint density at radius 1 is 1.38 bits per heavy atom. The van der Waals surface area contributed by atoms with Crippen LogP contribution >= 0.6 is 11.8 Å². The summed E-state index contributed by atoms with van der Waals surface area (Å²) < 4.78 is 6.56. The van der Waals surface area contributed by atoms with Crippen LogP contribution in [0.1, 0.15) is 30.7 Å². The summed E-state index contributed by atoms with van der Waals surface area (Å²) in [5.41, 5.74) is 2.32. The van der Waals surface area contributed by atoms with E-state index in [1.807, 2.05) is 0 Å². The van der Waals surface area contributed by atoms with Crippen LogP contribution in [-0.4, -0.2) is 46.2 Å². The van der Waals surface area contributed by atoms with Crippen LogP contribution in [0.15, 0.2) is 18.2 Å². The Bertz CT molecular complexity index is 511. The Hall–Kier alpha value is -0.580. The van der Waals surface area contributed by atoms with Gasteiger partial charge in [0.05, 0.1) is 11.8 Å². The maximum Gasteiger partial charge on any atom is 0.0680 e.